The van der Waals surface area contributed by atoms with Crippen molar-refractivity contribution in [1.29, 1.82) is 0 Å². The summed E-state index contributed by atoms with van der Waals surface area (Å²) < 4.78 is 14.8. The van der Waals surface area contributed by atoms with Gasteiger partial charge < -0.3 is 18.7 Å². The van der Waals surface area contributed by atoms with Crippen LogP contribution < -0.4 is 9.80 Å². The number of carbonyl (C=O) groups excluding carboxylic acids is 2. The van der Waals surface area contributed by atoms with Crippen LogP contribution in [0.1, 0.15) is 70.2 Å². The summed E-state index contributed by atoms with van der Waals surface area (Å²) in [6.07, 6.45) is 1.81. The van der Waals surface area contributed by atoms with Crippen LogP contribution in [0.15, 0.2) is 121 Å². The van der Waals surface area contributed by atoms with Gasteiger partial charge >= 0.3 is 0 Å². The van der Waals surface area contributed by atoms with Crippen LogP contribution in [0.4, 0.5) is 11.4 Å². The van der Waals surface area contributed by atoms with Crippen molar-refractivity contribution in [3.05, 3.63) is 143 Å². The summed E-state index contributed by atoms with van der Waals surface area (Å²) in [4.78, 5) is 35.9. The molecule has 2 aliphatic heterocycles. The van der Waals surface area contributed by atoms with Gasteiger partial charge in [-0.15, -0.1) is 0 Å². The molecule has 0 aromatic heterocycles. The third-order valence-electron chi connectivity index (χ3n) is 13.1. The maximum absolute atomic E-state index is 16.0. The highest BCUT2D eigenvalue weighted by Crippen LogP contribution is 2.64. The van der Waals surface area contributed by atoms with Crippen molar-refractivity contribution in [2.75, 3.05) is 9.80 Å². The zero-order valence-corrected chi connectivity index (χ0v) is 35.7. The SMILES string of the molecule is CC(C)(C)[Si](C)(C)OC1=C[C@]2(C(=O)N(Cc3ccccc3)c3ccccc32)[C@@]2(C[C@H]1O[Si](C)(C)C(C)(C)C)C(=O)N(Cc1ccccc1)c1ccccc12. The van der Waals surface area contributed by atoms with Gasteiger partial charge in [0.05, 0.1) is 13.1 Å². The van der Waals surface area contributed by atoms with Crippen LogP contribution in [-0.4, -0.2) is 34.6 Å². The van der Waals surface area contributed by atoms with Crippen molar-refractivity contribution < 1.29 is 18.4 Å². The molecule has 282 valence electrons. The van der Waals surface area contributed by atoms with Crippen molar-refractivity contribution in [3.63, 3.8) is 0 Å². The zero-order valence-electron chi connectivity index (χ0n) is 33.7. The van der Waals surface area contributed by atoms with E-state index in [2.05, 4.69) is 110 Å². The average Bonchev–Trinajstić information content (AvgIpc) is 3.48. The lowest BCUT2D eigenvalue weighted by molar-refractivity contribution is -0.135. The number of amides is 2. The normalized spacial score (nSPS) is 22.9. The summed E-state index contributed by atoms with van der Waals surface area (Å²) in [6.45, 7) is 23.2. The van der Waals surface area contributed by atoms with Crippen molar-refractivity contribution in [2.45, 2.75) is 114 Å². The highest BCUT2D eigenvalue weighted by molar-refractivity contribution is 6.75. The lowest BCUT2D eigenvalue weighted by atomic mass is 9.53. The predicted octanol–water partition coefficient (Wildman–Crippen LogP) is 10.7. The maximum atomic E-state index is 16.0. The second kappa shape index (κ2) is 13.2. The van der Waals surface area contributed by atoms with Gasteiger partial charge in [-0.1, -0.05) is 139 Å². The molecule has 0 bridgehead atoms. The summed E-state index contributed by atoms with van der Waals surface area (Å²) >= 11 is 0. The van der Waals surface area contributed by atoms with Crippen molar-refractivity contribution >= 4 is 39.8 Å². The van der Waals surface area contributed by atoms with E-state index in [-0.39, 0.29) is 28.3 Å². The van der Waals surface area contributed by atoms with Crippen molar-refractivity contribution in [3.8, 4) is 0 Å². The van der Waals surface area contributed by atoms with Gasteiger partial charge in [-0.2, -0.15) is 0 Å². The summed E-state index contributed by atoms with van der Waals surface area (Å²) in [5.74, 6) is 0.497. The van der Waals surface area contributed by atoms with E-state index < -0.39 is 33.6 Å². The Hall–Kier alpha value is -4.25. The van der Waals surface area contributed by atoms with E-state index in [1.54, 1.807) is 0 Å². The Bertz CT molecular complexity index is 2100. The number of rotatable bonds is 8. The van der Waals surface area contributed by atoms with Crippen LogP contribution in [0.25, 0.3) is 0 Å². The number of nitrogens with zero attached hydrogens (tertiary/aromatic N) is 2. The molecule has 54 heavy (non-hydrogen) atoms. The predicted molar refractivity (Wildman–Crippen MR) is 225 cm³/mol. The van der Waals surface area contributed by atoms with Gasteiger partial charge in [-0.3, -0.25) is 9.59 Å². The summed E-state index contributed by atoms with van der Waals surface area (Å²) in [7, 11) is -4.92. The van der Waals surface area contributed by atoms with Gasteiger partial charge in [0.2, 0.25) is 20.1 Å². The lowest BCUT2D eigenvalue weighted by Gasteiger charge is -2.52. The zero-order chi connectivity index (χ0) is 38.9. The van der Waals surface area contributed by atoms with Crippen LogP contribution in [0.2, 0.25) is 36.3 Å². The molecular weight excluding hydrogens is 701 g/mol. The number of fused-ring (bicyclic) bond motifs is 5. The number of carbonyl (C=O) groups is 2. The highest BCUT2D eigenvalue weighted by Gasteiger charge is 2.72. The van der Waals surface area contributed by atoms with Crippen molar-refractivity contribution in [1.82, 2.24) is 0 Å². The number of hydrogen-bond acceptors (Lipinski definition) is 4. The van der Waals surface area contributed by atoms with E-state index in [1.807, 2.05) is 82.6 Å². The molecule has 0 radical (unpaired) electrons. The molecule has 3 atom stereocenters. The van der Waals surface area contributed by atoms with E-state index >= 15 is 9.59 Å². The molecule has 3 aliphatic rings. The van der Waals surface area contributed by atoms with Crippen LogP contribution in [-0.2, 0) is 42.4 Å². The highest BCUT2D eigenvalue weighted by atomic mass is 28.4. The van der Waals surface area contributed by atoms with Crippen LogP contribution in [0.5, 0.6) is 0 Å². The van der Waals surface area contributed by atoms with Gasteiger partial charge in [-0.05, 0) is 83.1 Å². The molecule has 1 aliphatic carbocycles. The van der Waals surface area contributed by atoms with E-state index in [0.29, 0.717) is 18.8 Å². The molecule has 2 heterocycles. The topological polar surface area (TPSA) is 59.1 Å². The van der Waals surface area contributed by atoms with Crippen LogP contribution in [0, 0.1) is 0 Å². The van der Waals surface area contributed by atoms with Gasteiger partial charge in [0.15, 0.2) is 8.32 Å². The van der Waals surface area contributed by atoms with Gasteiger partial charge in [0.25, 0.3) is 0 Å². The Morgan fingerprint density at radius 1 is 0.611 bits per heavy atom. The minimum Gasteiger partial charge on any atom is -0.545 e. The van der Waals surface area contributed by atoms with E-state index in [9.17, 15) is 0 Å². The molecule has 4 aromatic rings. The minimum atomic E-state index is -2.47. The van der Waals surface area contributed by atoms with Crippen molar-refractivity contribution in [2.24, 2.45) is 0 Å². The molecule has 0 unspecified atom stereocenters. The number of para-hydroxylation sites is 2. The maximum Gasteiger partial charge on any atom is 0.250 e. The first-order valence-electron chi connectivity index (χ1n) is 19.3. The smallest absolute Gasteiger partial charge is 0.250 e. The Morgan fingerprint density at radius 2 is 1.06 bits per heavy atom. The molecule has 8 heteroatoms. The summed E-state index contributed by atoms with van der Waals surface area (Å²) in [5.41, 5.74) is 2.69. The fraction of sp³-hybridized carbons (Fsp3) is 0.391. The molecule has 0 fully saturated rings. The standard InChI is InChI=1S/C46H56N2O4Si2/c1-43(2,3)53(7,8)51-39-29-45(35-25-17-19-27-37(35)47(41(45)49)31-33-21-13-11-14-22-33)46(30-40(39)52-54(9,10)44(4,5)6)36-26-18-20-28-38(36)48(42(46)50)32-34-23-15-12-16-24-34/h11-29,40H,30-32H2,1-10H3/t40-,45+,46-/m1/s1. The average molecular weight is 757 g/mol. The lowest BCUT2D eigenvalue weighted by Crippen LogP contribution is -2.63. The first-order valence-corrected chi connectivity index (χ1v) is 25.2. The summed E-state index contributed by atoms with van der Waals surface area (Å²) in [6, 6.07) is 36.5. The number of anilines is 2. The molecule has 4 aromatic carbocycles. The van der Waals surface area contributed by atoms with E-state index in [1.165, 1.54) is 0 Å². The number of benzene rings is 4. The van der Waals surface area contributed by atoms with E-state index in [4.69, 9.17) is 8.85 Å². The molecule has 0 saturated heterocycles. The quantitative estimate of drug-likeness (QED) is 0.168. The fourth-order valence-corrected chi connectivity index (χ4v) is 10.5. The first-order chi connectivity index (χ1) is 25.3. The Morgan fingerprint density at radius 3 is 1.57 bits per heavy atom. The Balaban J connectivity index is 1.54. The van der Waals surface area contributed by atoms with Gasteiger partial charge in [0, 0.05) is 11.4 Å². The fourth-order valence-electron chi connectivity index (χ4n) is 8.13. The molecule has 0 saturated carbocycles. The molecular formula is C46H56N2O4Si2. The molecule has 2 amide bonds. The largest absolute Gasteiger partial charge is 0.545 e. The van der Waals surface area contributed by atoms with E-state index in [0.717, 1.165) is 33.6 Å². The molecule has 7 rings (SSSR count). The summed E-state index contributed by atoms with van der Waals surface area (Å²) in [5, 5.41) is -0.215. The second-order valence-corrected chi connectivity index (χ2v) is 28.0. The molecule has 0 N–H and O–H groups in total. The third kappa shape index (κ3) is 5.92. The van der Waals surface area contributed by atoms with Gasteiger partial charge in [-0.25, -0.2) is 0 Å². The number of hydrogen-bond donors (Lipinski definition) is 0. The third-order valence-corrected chi connectivity index (χ3v) is 21.9. The Kier molecular flexibility index (Phi) is 9.30. The molecule has 6 nitrogen and oxygen atoms in total. The molecule has 2 spiro atoms. The first kappa shape index (κ1) is 38.0. The minimum absolute atomic E-state index is 0.0799. The van der Waals surface area contributed by atoms with Crippen LogP contribution >= 0.6 is 0 Å². The van der Waals surface area contributed by atoms with Crippen LogP contribution in [0.3, 0.4) is 0 Å². The second-order valence-electron chi connectivity index (χ2n) is 18.5. The van der Waals surface area contributed by atoms with Gasteiger partial charge in [0.1, 0.15) is 22.7 Å². The monoisotopic (exact) mass is 756 g/mol. The Labute approximate surface area is 324 Å².